The van der Waals surface area contributed by atoms with Crippen LogP contribution in [-0.2, 0) is 10.0 Å². The fourth-order valence-corrected chi connectivity index (χ4v) is 3.28. The van der Waals surface area contributed by atoms with E-state index in [2.05, 4.69) is 19.2 Å². The van der Waals surface area contributed by atoms with E-state index in [1.54, 1.807) is 7.05 Å². The van der Waals surface area contributed by atoms with Gasteiger partial charge in [0.05, 0.1) is 11.4 Å². The van der Waals surface area contributed by atoms with Crippen molar-refractivity contribution in [1.29, 1.82) is 0 Å². The summed E-state index contributed by atoms with van der Waals surface area (Å²) in [6.45, 7) is 8.77. The van der Waals surface area contributed by atoms with E-state index >= 15 is 0 Å². The monoisotopic (exact) mass is 298 g/mol. The first kappa shape index (κ1) is 17.0. The smallest absolute Gasteiger partial charge is 0.234 e. The second-order valence-electron chi connectivity index (χ2n) is 5.59. The summed E-state index contributed by atoms with van der Waals surface area (Å²) in [6, 6.07) is 6.22. The van der Waals surface area contributed by atoms with Gasteiger partial charge in [-0.3, -0.25) is 4.31 Å². The molecule has 0 aliphatic carbocycles. The van der Waals surface area contributed by atoms with Gasteiger partial charge in [-0.15, -0.1) is 0 Å². The van der Waals surface area contributed by atoms with Crippen LogP contribution >= 0.6 is 0 Å². The molecule has 0 saturated carbocycles. The van der Waals surface area contributed by atoms with Crippen LogP contribution < -0.4 is 9.62 Å². The van der Waals surface area contributed by atoms with Crippen LogP contribution in [0.5, 0.6) is 0 Å². The molecule has 0 atom stereocenters. The Morgan fingerprint density at radius 2 is 1.70 bits per heavy atom. The Morgan fingerprint density at radius 1 is 1.15 bits per heavy atom. The Bertz CT molecular complexity index is 519. The van der Waals surface area contributed by atoms with Gasteiger partial charge >= 0.3 is 0 Å². The summed E-state index contributed by atoms with van der Waals surface area (Å²) >= 11 is 0. The molecule has 1 aromatic rings. The fraction of sp³-hybridized carbons (Fsp3) is 0.600. The highest BCUT2D eigenvalue weighted by Crippen LogP contribution is 2.20. The van der Waals surface area contributed by atoms with Crippen LogP contribution in [0.15, 0.2) is 18.2 Å². The van der Waals surface area contributed by atoms with Crippen molar-refractivity contribution in [3.8, 4) is 0 Å². The summed E-state index contributed by atoms with van der Waals surface area (Å²) in [6.07, 6.45) is 0.621. The second-order valence-corrected chi connectivity index (χ2v) is 7.71. The summed E-state index contributed by atoms with van der Waals surface area (Å²) in [5.41, 5.74) is 2.88. The topological polar surface area (TPSA) is 49.4 Å². The maximum Gasteiger partial charge on any atom is 0.234 e. The largest absolute Gasteiger partial charge is 0.314 e. The number of nitrogens with zero attached hydrogens (tertiary/aromatic N) is 1. The minimum Gasteiger partial charge on any atom is -0.314 e. The zero-order chi connectivity index (χ0) is 15.3. The molecule has 0 aromatic heterocycles. The number of benzene rings is 1. The third-order valence-electron chi connectivity index (χ3n) is 3.12. The van der Waals surface area contributed by atoms with Gasteiger partial charge in [0.2, 0.25) is 10.0 Å². The lowest BCUT2D eigenvalue weighted by atomic mass is 10.1. The molecule has 20 heavy (non-hydrogen) atoms. The lowest BCUT2D eigenvalue weighted by Crippen LogP contribution is -2.31. The minimum atomic E-state index is -3.25. The van der Waals surface area contributed by atoms with E-state index in [-0.39, 0.29) is 5.75 Å². The molecular weight excluding hydrogens is 272 g/mol. The number of sulfonamides is 1. The summed E-state index contributed by atoms with van der Waals surface area (Å²) < 4.78 is 26.0. The van der Waals surface area contributed by atoms with Crippen molar-refractivity contribution in [2.24, 2.45) is 0 Å². The maximum atomic E-state index is 12.3. The van der Waals surface area contributed by atoms with Gasteiger partial charge in [-0.05, 0) is 50.1 Å². The fourth-order valence-electron chi connectivity index (χ4n) is 2.08. The van der Waals surface area contributed by atoms with Gasteiger partial charge in [0.25, 0.3) is 0 Å². The van der Waals surface area contributed by atoms with Crippen LogP contribution in [0.1, 0.15) is 31.4 Å². The van der Waals surface area contributed by atoms with E-state index in [9.17, 15) is 8.42 Å². The van der Waals surface area contributed by atoms with Crippen LogP contribution in [0, 0.1) is 13.8 Å². The van der Waals surface area contributed by atoms with Crippen LogP contribution in [0.4, 0.5) is 5.69 Å². The molecule has 1 N–H and O–H groups in total. The van der Waals surface area contributed by atoms with Gasteiger partial charge in [0, 0.05) is 13.1 Å². The number of hydrogen-bond donors (Lipinski definition) is 1. The van der Waals surface area contributed by atoms with Crippen molar-refractivity contribution >= 4 is 15.7 Å². The van der Waals surface area contributed by atoms with E-state index in [0.717, 1.165) is 23.4 Å². The zero-order valence-electron chi connectivity index (χ0n) is 13.1. The van der Waals surface area contributed by atoms with E-state index < -0.39 is 10.0 Å². The molecule has 114 valence electrons. The van der Waals surface area contributed by atoms with Gasteiger partial charge in [-0.2, -0.15) is 0 Å². The summed E-state index contributed by atoms with van der Waals surface area (Å²) in [7, 11) is -1.63. The quantitative estimate of drug-likeness (QED) is 0.787. The third kappa shape index (κ3) is 5.13. The van der Waals surface area contributed by atoms with Crippen LogP contribution in [0.2, 0.25) is 0 Å². The van der Waals surface area contributed by atoms with Crippen molar-refractivity contribution < 1.29 is 8.42 Å². The maximum absolute atomic E-state index is 12.3. The number of aryl methyl sites for hydroxylation is 2. The molecule has 0 heterocycles. The Hall–Kier alpha value is -1.07. The van der Waals surface area contributed by atoms with Crippen LogP contribution in [-0.4, -0.2) is 33.8 Å². The third-order valence-corrected chi connectivity index (χ3v) is 4.97. The van der Waals surface area contributed by atoms with Gasteiger partial charge in [-0.25, -0.2) is 8.42 Å². The average molecular weight is 298 g/mol. The number of hydrogen-bond acceptors (Lipinski definition) is 3. The first-order valence-electron chi connectivity index (χ1n) is 7.00. The molecule has 0 bridgehead atoms. The summed E-state index contributed by atoms with van der Waals surface area (Å²) in [5.74, 6) is 0.163. The van der Waals surface area contributed by atoms with Crippen molar-refractivity contribution in [3.63, 3.8) is 0 Å². The zero-order valence-corrected chi connectivity index (χ0v) is 13.9. The summed E-state index contributed by atoms with van der Waals surface area (Å²) in [5, 5.41) is 3.23. The van der Waals surface area contributed by atoms with E-state index in [1.807, 2.05) is 32.0 Å². The van der Waals surface area contributed by atoms with Gasteiger partial charge in [-0.1, -0.05) is 19.9 Å². The number of anilines is 1. The molecule has 0 spiro atoms. The Kier molecular flexibility index (Phi) is 6.02. The first-order chi connectivity index (χ1) is 9.22. The molecule has 0 amide bonds. The Morgan fingerprint density at radius 3 is 2.20 bits per heavy atom. The van der Waals surface area contributed by atoms with E-state index in [0.29, 0.717) is 12.5 Å². The Balaban J connectivity index is 2.71. The highest BCUT2D eigenvalue weighted by Gasteiger charge is 2.18. The highest BCUT2D eigenvalue weighted by atomic mass is 32.2. The second kappa shape index (κ2) is 7.09. The number of nitrogens with one attached hydrogen (secondary N) is 1. The lowest BCUT2D eigenvalue weighted by molar-refractivity contribution is 0.568. The van der Waals surface area contributed by atoms with Crippen molar-refractivity contribution in [2.75, 3.05) is 23.7 Å². The molecule has 0 aliphatic rings. The Labute approximate surface area is 123 Å². The number of rotatable bonds is 7. The molecule has 0 saturated heterocycles. The predicted octanol–water partition coefficient (Wildman–Crippen LogP) is 2.46. The molecule has 1 rings (SSSR count). The molecule has 5 heteroatoms. The molecular formula is C15H26N2O2S. The van der Waals surface area contributed by atoms with Crippen LogP contribution in [0.3, 0.4) is 0 Å². The van der Waals surface area contributed by atoms with Crippen LogP contribution in [0.25, 0.3) is 0 Å². The van der Waals surface area contributed by atoms with E-state index in [4.69, 9.17) is 0 Å². The summed E-state index contributed by atoms with van der Waals surface area (Å²) in [4.78, 5) is 0. The molecule has 4 nitrogen and oxygen atoms in total. The van der Waals surface area contributed by atoms with Gasteiger partial charge in [0.1, 0.15) is 0 Å². The molecule has 0 radical (unpaired) electrons. The molecule has 0 fully saturated rings. The minimum absolute atomic E-state index is 0.163. The van der Waals surface area contributed by atoms with Gasteiger partial charge in [0.15, 0.2) is 0 Å². The normalized spacial score (nSPS) is 11.9. The average Bonchev–Trinajstić information content (AvgIpc) is 2.32. The first-order valence-corrected chi connectivity index (χ1v) is 8.61. The highest BCUT2D eigenvalue weighted by molar-refractivity contribution is 7.92. The van der Waals surface area contributed by atoms with Gasteiger partial charge < -0.3 is 5.32 Å². The molecule has 0 unspecified atom stereocenters. The SMILES string of the molecule is Cc1cc(C)cc(N(C)S(=O)(=O)CCCNC(C)C)c1. The van der Waals surface area contributed by atoms with Crippen molar-refractivity contribution in [3.05, 3.63) is 29.3 Å². The molecule has 1 aromatic carbocycles. The standard InChI is InChI=1S/C15H26N2O2S/c1-12(2)16-7-6-8-20(18,19)17(5)15-10-13(3)9-14(4)11-15/h9-12,16H,6-8H2,1-5H3. The lowest BCUT2D eigenvalue weighted by Gasteiger charge is -2.20. The predicted molar refractivity (Wildman–Crippen MR) is 85.9 cm³/mol. The van der Waals surface area contributed by atoms with E-state index in [1.165, 1.54) is 4.31 Å². The van der Waals surface area contributed by atoms with Crippen molar-refractivity contribution in [2.45, 2.75) is 40.2 Å². The van der Waals surface area contributed by atoms with Crippen molar-refractivity contribution in [1.82, 2.24) is 5.32 Å². The molecule has 0 aliphatic heterocycles.